The fourth-order valence-corrected chi connectivity index (χ4v) is 7.56. The third-order valence-corrected chi connectivity index (χ3v) is 8.34. The van der Waals surface area contributed by atoms with E-state index < -0.39 is 0 Å². The van der Waals surface area contributed by atoms with Gasteiger partial charge in [-0.05, 0) is 32.1 Å². The molecule has 0 nitrogen and oxygen atoms in total. The lowest BCUT2D eigenvalue weighted by Gasteiger charge is -2.26. The van der Waals surface area contributed by atoms with E-state index in [1.54, 1.807) is 56.8 Å². The van der Waals surface area contributed by atoms with E-state index in [1.807, 2.05) is 0 Å². The van der Waals surface area contributed by atoms with Gasteiger partial charge in [0.25, 0.3) is 0 Å². The van der Waals surface area contributed by atoms with E-state index in [9.17, 15) is 0 Å². The topological polar surface area (TPSA) is 0 Å². The van der Waals surface area contributed by atoms with Crippen LogP contribution in [-0.2, 0) is 0 Å². The van der Waals surface area contributed by atoms with Crippen LogP contribution in [0.2, 0.25) is 0 Å². The van der Waals surface area contributed by atoms with Gasteiger partial charge in [-0.2, -0.15) is 0 Å². The second-order valence-electron chi connectivity index (χ2n) is 4.00. The molecule has 0 aromatic heterocycles. The largest absolute Gasteiger partial charge is 0.0595 e. The van der Waals surface area contributed by atoms with Crippen molar-refractivity contribution < 1.29 is 0 Å². The van der Waals surface area contributed by atoms with Crippen molar-refractivity contribution in [2.75, 3.05) is 24.6 Å². The molecule has 0 aliphatic carbocycles. The lowest BCUT2D eigenvalue weighted by Crippen LogP contribution is -2.10. The average molecular weight is 157 g/mol. The molecule has 0 radical (unpaired) electrons. The Labute approximate surface area is 64.7 Å². The van der Waals surface area contributed by atoms with Crippen molar-refractivity contribution in [3.05, 3.63) is 0 Å². The number of hydrogen-bond acceptors (Lipinski definition) is 0. The Hall–Kier alpha value is 0.430. The van der Waals surface area contributed by atoms with Crippen LogP contribution in [0.4, 0.5) is 0 Å². The van der Waals surface area contributed by atoms with Crippen LogP contribution >= 0.6 is 7.26 Å². The highest BCUT2D eigenvalue weighted by Crippen LogP contribution is 2.66. The lowest BCUT2D eigenvalue weighted by molar-refractivity contribution is 0.745. The van der Waals surface area contributed by atoms with Crippen molar-refractivity contribution in [3.63, 3.8) is 0 Å². The molecule has 58 valence electrons. The Morgan fingerprint density at radius 1 is 0.500 bits per heavy atom. The molecule has 0 unspecified atom stereocenters. The Balaban J connectivity index is 1.98. The van der Waals surface area contributed by atoms with Crippen molar-refractivity contribution in [2.24, 2.45) is 0 Å². The molecule has 10 heavy (non-hydrogen) atoms. The van der Waals surface area contributed by atoms with E-state index in [-0.39, 0.29) is 7.26 Å². The van der Waals surface area contributed by atoms with Crippen molar-refractivity contribution >= 4 is 7.26 Å². The van der Waals surface area contributed by atoms with Gasteiger partial charge in [-0.3, -0.25) is 0 Å². The van der Waals surface area contributed by atoms with Gasteiger partial charge in [0.1, 0.15) is 0 Å². The van der Waals surface area contributed by atoms with Crippen molar-refractivity contribution in [2.45, 2.75) is 32.1 Å². The molecule has 0 N–H and O–H groups in total. The van der Waals surface area contributed by atoms with E-state index in [4.69, 9.17) is 0 Å². The maximum absolute atomic E-state index is 1.67. The van der Waals surface area contributed by atoms with Crippen LogP contribution in [0.15, 0.2) is 0 Å². The van der Waals surface area contributed by atoms with Crippen LogP contribution in [-0.4, -0.2) is 24.6 Å². The van der Waals surface area contributed by atoms with Gasteiger partial charge < -0.3 is 0 Å². The minimum Gasteiger partial charge on any atom is -0.0464 e. The molecule has 2 rings (SSSR count). The first-order valence-electron chi connectivity index (χ1n) is 4.76. The highest BCUT2D eigenvalue weighted by Gasteiger charge is 2.41. The zero-order chi connectivity index (χ0) is 6.86. The fourth-order valence-electron chi connectivity index (χ4n) is 2.64. The Morgan fingerprint density at radius 2 is 0.900 bits per heavy atom. The molecule has 2 fully saturated rings. The molecule has 0 amide bonds. The second-order valence-corrected chi connectivity index (χ2v) is 8.48. The summed E-state index contributed by atoms with van der Waals surface area (Å²) in [5.74, 6) is 0. The normalized spacial score (nSPS) is 31.2. The van der Waals surface area contributed by atoms with Gasteiger partial charge in [0.2, 0.25) is 0 Å². The molecule has 2 heterocycles. The number of hydrogen-bond donors (Lipinski definition) is 0. The maximum Gasteiger partial charge on any atom is 0.0595 e. The molecule has 1 spiro atoms. The summed E-state index contributed by atoms with van der Waals surface area (Å²) in [6.07, 6.45) is 14.5. The fraction of sp³-hybridized carbons (Fsp3) is 1.00. The third kappa shape index (κ3) is 1.23. The number of rotatable bonds is 0. The second kappa shape index (κ2) is 2.81. The van der Waals surface area contributed by atoms with E-state index in [0.717, 1.165) is 0 Å². The molecule has 2 aliphatic rings. The van der Waals surface area contributed by atoms with Crippen LogP contribution in [0.3, 0.4) is 0 Å². The Bertz CT molecular complexity index is 106. The van der Waals surface area contributed by atoms with Crippen molar-refractivity contribution in [1.82, 2.24) is 0 Å². The molecule has 0 aromatic carbocycles. The summed E-state index contributed by atoms with van der Waals surface area (Å²) in [4.78, 5) is 0. The standard InChI is InChI=1S/C9H18P/c1-2-6-10(7-3-1)8-4-5-9-10/h1-9H2/q+1. The van der Waals surface area contributed by atoms with Gasteiger partial charge in [0.05, 0.1) is 24.6 Å². The van der Waals surface area contributed by atoms with Gasteiger partial charge in [-0.1, -0.05) is 0 Å². The first-order chi connectivity index (χ1) is 4.91. The summed E-state index contributed by atoms with van der Waals surface area (Å²) in [6.45, 7) is 0. The smallest absolute Gasteiger partial charge is 0.0464 e. The quantitative estimate of drug-likeness (QED) is 0.474. The summed E-state index contributed by atoms with van der Waals surface area (Å²) in [6, 6.07) is 0. The van der Waals surface area contributed by atoms with Crippen LogP contribution in [0.25, 0.3) is 0 Å². The van der Waals surface area contributed by atoms with Gasteiger partial charge in [-0.15, -0.1) is 0 Å². The monoisotopic (exact) mass is 157 g/mol. The van der Waals surface area contributed by atoms with E-state index in [0.29, 0.717) is 0 Å². The molecule has 0 saturated carbocycles. The molecule has 2 saturated heterocycles. The van der Waals surface area contributed by atoms with E-state index in [2.05, 4.69) is 0 Å². The molecule has 0 bridgehead atoms. The third-order valence-electron chi connectivity index (χ3n) is 3.28. The molecule has 0 aromatic rings. The molecular weight excluding hydrogens is 139 g/mol. The SMILES string of the molecule is C1CC[P+]2(CC1)CCCC2. The minimum absolute atomic E-state index is 0.241. The van der Waals surface area contributed by atoms with Crippen LogP contribution < -0.4 is 0 Å². The first kappa shape index (κ1) is 7.10. The molecular formula is C9H18P+. The van der Waals surface area contributed by atoms with Crippen LogP contribution in [0.5, 0.6) is 0 Å². The highest BCUT2D eigenvalue weighted by atomic mass is 31.2. The minimum atomic E-state index is -0.241. The molecule has 0 atom stereocenters. The van der Waals surface area contributed by atoms with Crippen molar-refractivity contribution in [3.8, 4) is 0 Å². The van der Waals surface area contributed by atoms with Gasteiger partial charge >= 0.3 is 0 Å². The van der Waals surface area contributed by atoms with Gasteiger partial charge in [0, 0.05) is 7.26 Å². The zero-order valence-corrected chi connectivity index (χ0v) is 7.71. The predicted octanol–water partition coefficient (Wildman–Crippen LogP) is 2.98. The summed E-state index contributed by atoms with van der Waals surface area (Å²) in [7, 11) is -0.241. The van der Waals surface area contributed by atoms with Crippen LogP contribution in [0.1, 0.15) is 32.1 Å². The lowest BCUT2D eigenvalue weighted by atomic mass is 10.3. The average Bonchev–Trinajstić information content (AvgIpc) is 2.39. The Kier molecular flexibility index (Phi) is 2.00. The highest BCUT2D eigenvalue weighted by molar-refractivity contribution is 7.76. The Morgan fingerprint density at radius 3 is 1.40 bits per heavy atom. The molecule has 2 aliphatic heterocycles. The maximum atomic E-state index is 1.67. The first-order valence-corrected chi connectivity index (χ1v) is 7.29. The summed E-state index contributed by atoms with van der Waals surface area (Å²) < 4.78 is 0. The predicted molar refractivity (Wildman–Crippen MR) is 49.5 cm³/mol. The molecule has 1 heteroatoms. The summed E-state index contributed by atoms with van der Waals surface area (Å²) in [5.41, 5.74) is 0. The van der Waals surface area contributed by atoms with Crippen LogP contribution in [0, 0.1) is 0 Å². The van der Waals surface area contributed by atoms with E-state index >= 15 is 0 Å². The summed E-state index contributed by atoms with van der Waals surface area (Å²) >= 11 is 0. The zero-order valence-electron chi connectivity index (χ0n) is 6.81. The van der Waals surface area contributed by atoms with E-state index in [1.165, 1.54) is 0 Å². The van der Waals surface area contributed by atoms with Gasteiger partial charge in [-0.25, -0.2) is 0 Å². The van der Waals surface area contributed by atoms with Gasteiger partial charge in [0.15, 0.2) is 0 Å². The summed E-state index contributed by atoms with van der Waals surface area (Å²) in [5, 5.41) is 0. The van der Waals surface area contributed by atoms with Crippen molar-refractivity contribution in [1.29, 1.82) is 0 Å².